The molecule has 178 valence electrons. The highest BCUT2D eigenvalue weighted by atomic mass is 35.5. The fraction of sp³-hybridized carbons (Fsp3) is 0.522. The molecule has 0 radical (unpaired) electrons. The number of nitrogens with one attached hydrogen (secondary N) is 1. The van der Waals surface area contributed by atoms with Gasteiger partial charge in [-0.25, -0.2) is 4.79 Å². The van der Waals surface area contributed by atoms with Gasteiger partial charge in [0.05, 0.1) is 0 Å². The van der Waals surface area contributed by atoms with Gasteiger partial charge in [0.1, 0.15) is 17.6 Å². The summed E-state index contributed by atoms with van der Waals surface area (Å²) in [6, 6.07) is 6.21. The van der Waals surface area contributed by atoms with Crippen molar-refractivity contribution in [1.82, 2.24) is 15.1 Å². The molecule has 1 aliphatic heterocycles. The second-order valence-electron chi connectivity index (χ2n) is 8.59. The third-order valence-electron chi connectivity index (χ3n) is 6.62. The molecule has 33 heavy (non-hydrogen) atoms. The molecule has 1 heterocycles. The van der Waals surface area contributed by atoms with Crippen molar-refractivity contribution in [2.45, 2.75) is 57.0 Å². The summed E-state index contributed by atoms with van der Waals surface area (Å²) >= 11 is 6.40. The van der Waals surface area contributed by atoms with E-state index in [1.165, 1.54) is 11.9 Å². The summed E-state index contributed by atoms with van der Waals surface area (Å²) in [5.41, 5.74) is -1.78. The predicted octanol–water partition coefficient (Wildman–Crippen LogP) is 2.40. The summed E-state index contributed by atoms with van der Waals surface area (Å²) < 4.78 is 5.07. The second-order valence-corrected chi connectivity index (χ2v) is 9.00. The lowest BCUT2D eigenvalue weighted by molar-refractivity contribution is -0.158. The number of rotatable bonds is 7. The summed E-state index contributed by atoms with van der Waals surface area (Å²) in [4.78, 5) is 65.0. The van der Waals surface area contributed by atoms with Crippen molar-refractivity contribution in [3.63, 3.8) is 0 Å². The lowest BCUT2D eigenvalue weighted by Crippen LogP contribution is -2.55. The molecule has 1 N–H and O–H groups in total. The molecule has 2 fully saturated rings. The molecule has 1 saturated heterocycles. The van der Waals surface area contributed by atoms with Crippen LogP contribution >= 0.6 is 11.6 Å². The van der Waals surface area contributed by atoms with Crippen LogP contribution in [-0.2, 0) is 29.5 Å². The van der Waals surface area contributed by atoms with E-state index in [1.807, 2.05) is 0 Å². The highest BCUT2D eigenvalue weighted by Gasteiger charge is 2.49. The molecule has 1 aromatic rings. The van der Waals surface area contributed by atoms with Crippen molar-refractivity contribution in [2.24, 2.45) is 0 Å². The number of hydrogen-bond donors (Lipinski definition) is 1. The largest absolute Gasteiger partial charge is 0.454 e. The summed E-state index contributed by atoms with van der Waals surface area (Å²) in [7, 11) is 1.49. The van der Waals surface area contributed by atoms with Gasteiger partial charge in [-0.15, -0.1) is 0 Å². The van der Waals surface area contributed by atoms with Gasteiger partial charge in [-0.1, -0.05) is 36.7 Å². The number of ketones is 1. The molecular weight excluding hydrogens is 450 g/mol. The van der Waals surface area contributed by atoms with Crippen molar-refractivity contribution >= 4 is 41.2 Å². The summed E-state index contributed by atoms with van der Waals surface area (Å²) in [6.45, 7) is 2.08. The molecule has 10 heteroatoms. The van der Waals surface area contributed by atoms with E-state index in [4.69, 9.17) is 16.3 Å². The third-order valence-corrected chi connectivity index (χ3v) is 6.95. The van der Waals surface area contributed by atoms with Gasteiger partial charge >= 0.3 is 12.0 Å². The van der Waals surface area contributed by atoms with E-state index in [9.17, 15) is 24.0 Å². The zero-order valence-corrected chi connectivity index (χ0v) is 19.7. The Morgan fingerprint density at radius 3 is 2.52 bits per heavy atom. The highest BCUT2D eigenvalue weighted by molar-refractivity contribution is 6.31. The zero-order valence-electron chi connectivity index (χ0n) is 19.0. The number of imide groups is 1. The number of hydrogen-bond acceptors (Lipinski definition) is 6. The summed E-state index contributed by atoms with van der Waals surface area (Å²) in [6.07, 6.45) is 2.54. The number of benzene rings is 1. The molecule has 2 atom stereocenters. The maximum absolute atomic E-state index is 13.1. The maximum Gasteiger partial charge on any atom is 0.326 e. The van der Waals surface area contributed by atoms with E-state index < -0.39 is 48.0 Å². The van der Waals surface area contributed by atoms with Crippen LogP contribution in [0.3, 0.4) is 0 Å². The van der Waals surface area contributed by atoms with Crippen LogP contribution < -0.4 is 5.32 Å². The van der Waals surface area contributed by atoms with Crippen molar-refractivity contribution in [2.75, 3.05) is 20.2 Å². The quantitative estimate of drug-likeness (QED) is 0.476. The average molecular weight is 478 g/mol. The van der Waals surface area contributed by atoms with Gasteiger partial charge in [-0.2, -0.15) is 0 Å². The number of esters is 1. The van der Waals surface area contributed by atoms with Crippen LogP contribution in [0.5, 0.6) is 0 Å². The molecule has 4 amide bonds. The van der Waals surface area contributed by atoms with Crippen molar-refractivity contribution in [3.05, 3.63) is 34.9 Å². The maximum atomic E-state index is 13.1. The first-order valence-electron chi connectivity index (χ1n) is 10.9. The lowest BCUT2D eigenvalue weighted by atomic mass is 9.74. The molecule has 3 rings (SSSR count). The van der Waals surface area contributed by atoms with E-state index in [-0.39, 0.29) is 5.78 Å². The number of likely N-dealkylation sites (N-methyl/N-ethyl adjacent to an activating group) is 1. The standard InChI is InChI=1S/C23H28ClN3O6/c1-4-22(2)20(31)27(21(32)25-22)13-19(30)33-14-18(29)26(3)23(12-8-7-11-17(23)28)15-9-5-6-10-16(15)24/h5-6,9-10H,4,7-8,11-14H2,1-3H3,(H,25,32). The lowest BCUT2D eigenvalue weighted by Gasteiger charge is -2.43. The minimum absolute atomic E-state index is 0.123. The molecule has 0 aromatic heterocycles. The van der Waals surface area contributed by atoms with Gasteiger partial charge in [-0.3, -0.25) is 24.1 Å². The van der Waals surface area contributed by atoms with Crippen LogP contribution in [0.4, 0.5) is 4.79 Å². The molecule has 0 bridgehead atoms. The summed E-state index contributed by atoms with van der Waals surface area (Å²) in [5.74, 6) is -2.14. The van der Waals surface area contributed by atoms with Gasteiger partial charge in [0.2, 0.25) is 0 Å². The van der Waals surface area contributed by atoms with Crippen LogP contribution in [0.1, 0.15) is 51.5 Å². The Labute approximate surface area is 197 Å². The molecule has 2 unspecified atom stereocenters. The zero-order chi connectivity index (χ0) is 24.4. The van der Waals surface area contributed by atoms with Crippen LogP contribution in [0.25, 0.3) is 0 Å². The Hall–Kier alpha value is -2.94. The first-order chi connectivity index (χ1) is 15.6. The molecular formula is C23H28ClN3O6. The number of Topliss-reactive ketones (excluding diaryl/α,β-unsaturated/α-hetero) is 1. The van der Waals surface area contributed by atoms with Crippen molar-refractivity contribution in [3.8, 4) is 0 Å². The number of carbonyl (C=O) groups excluding carboxylic acids is 5. The fourth-order valence-corrected chi connectivity index (χ4v) is 4.68. The Morgan fingerprint density at radius 2 is 1.91 bits per heavy atom. The number of urea groups is 1. The number of amides is 4. The summed E-state index contributed by atoms with van der Waals surface area (Å²) in [5, 5.41) is 2.93. The molecule has 1 aromatic carbocycles. The number of nitrogens with zero attached hydrogens (tertiary/aromatic N) is 2. The Bertz CT molecular complexity index is 998. The van der Waals surface area contributed by atoms with Crippen LogP contribution in [0, 0.1) is 0 Å². The monoisotopic (exact) mass is 477 g/mol. The van der Waals surface area contributed by atoms with E-state index in [0.29, 0.717) is 29.8 Å². The van der Waals surface area contributed by atoms with Crippen LogP contribution in [0.2, 0.25) is 5.02 Å². The predicted molar refractivity (Wildman–Crippen MR) is 119 cm³/mol. The molecule has 2 aliphatic rings. The van der Waals surface area contributed by atoms with E-state index in [0.717, 1.165) is 17.7 Å². The first kappa shape index (κ1) is 24.7. The Balaban J connectivity index is 1.71. The van der Waals surface area contributed by atoms with Crippen molar-refractivity contribution in [1.29, 1.82) is 0 Å². The molecule has 1 saturated carbocycles. The number of carbonyl (C=O) groups is 5. The van der Waals surface area contributed by atoms with E-state index >= 15 is 0 Å². The Morgan fingerprint density at radius 1 is 1.21 bits per heavy atom. The minimum atomic E-state index is -1.24. The third kappa shape index (κ3) is 4.46. The highest BCUT2D eigenvalue weighted by Crippen LogP contribution is 2.42. The average Bonchev–Trinajstić information content (AvgIpc) is 3.01. The SMILES string of the molecule is CCC1(C)NC(=O)N(CC(=O)OCC(=O)N(C)C2(c3ccccc3Cl)CCCCC2=O)C1=O. The fourth-order valence-electron chi connectivity index (χ4n) is 4.39. The normalized spacial score (nSPS) is 25.1. The topological polar surface area (TPSA) is 113 Å². The van der Waals surface area contributed by atoms with E-state index in [1.54, 1.807) is 38.1 Å². The van der Waals surface area contributed by atoms with Gasteiger partial charge in [-0.05, 0) is 38.7 Å². The van der Waals surface area contributed by atoms with Crippen LogP contribution in [0.15, 0.2) is 24.3 Å². The number of halogens is 1. The molecule has 0 spiro atoms. The van der Waals surface area contributed by atoms with Gasteiger partial charge in [0.25, 0.3) is 11.8 Å². The minimum Gasteiger partial charge on any atom is -0.454 e. The van der Waals surface area contributed by atoms with Crippen LogP contribution in [-0.4, -0.2) is 65.1 Å². The molecule has 1 aliphatic carbocycles. The first-order valence-corrected chi connectivity index (χ1v) is 11.3. The smallest absolute Gasteiger partial charge is 0.326 e. The second kappa shape index (κ2) is 9.51. The van der Waals surface area contributed by atoms with Crippen molar-refractivity contribution < 1.29 is 28.7 Å². The van der Waals surface area contributed by atoms with Gasteiger partial charge in [0, 0.05) is 24.1 Å². The van der Waals surface area contributed by atoms with Gasteiger partial charge in [0.15, 0.2) is 12.4 Å². The van der Waals surface area contributed by atoms with Gasteiger partial charge < -0.3 is 15.0 Å². The Kier molecular flexibility index (Phi) is 7.11. The molecule has 9 nitrogen and oxygen atoms in total. The number of ether oxygens (including phenoxy) is 1. The van der Waals surface area contributed by atoms with E-state index in [2.05, 4.69) is 5.32 Å².